The molecule has 0 bridgehead atoms. The zero-order chi connectivity index (χ0) is 14.6. The van der Waals surface area contributed by atoms with E-state index < -0.39 is 10.0 Å². The highest BCUT2D eigenvalue weighted by molar-refractivity contribution is 7.89. The van der Waals surface area contributed by atoms with Crippen LogP contribution in [0.5, 0.6) is 0 Å². The van der Waals surface area contributed by atoms with E-state index >= 15 is 0 Å². The first-order valence-electron chi connectivity index (χ1n) is 6.20. The lowest BCUT2D eigenvalue weighted by Crippen LogP contribution is -2.48. The van der Waals surface area contributed by atoms with Crippen LogP contribution in [0.3, 0.4) is 0 Å². The number of hydrogen-bond donors (Lipinski definition) is 2. The van der Waals surface area contributed by atoms with Gasteiger partial charge in [0.1, 0.15) is 0 Å². The fourth-order valence-electron chi connectivity index (χ4n) is 1.80. The number of nitrogens with zero attached hydrogens (tertiary/aromatic N) is 1. The summed E-state index contributed by atoms with van der Waals surface area (Å²) in [5.41, 5.74) is 0.558. The number of hydrogen-bond acceptors (Lipinski definition) is 5. The molecule has 1 fully saturated rings. The Hall–Kier alpha value is -1.48. The molecule has 1 aliphatic heterocycles. The van der Waals surface area contributed by atoms with Crippen LogP contribution in [0.15, 0.2) is 29.2 Å². The van der Waals surface area contributed by atoms with E-state index in [0.29, 0.717) is 32.0 Å². The van der Waals surface area contributed by atoms with Crippen molar-refractivity contribution >= 4 is 21.6 Å². The zero-order valence-corrected chi connectivity index (χ0v) is 11.9. The number of nitrogens with one attached hydrogen (secondary N) is 2. The Bertz CT molecular complexity index is 565. The van der Waals surface area contributed by atoms with Crippen LogP contribution in [0.25, 0.3) is 0 Å². The number of morpholine rings is 1. The number of hydrazine groups is 1. The molecule has 1 saturated heterocycles. The largest absolute Gasteiger partial charge is 0.379 e. The zero-order valence-electron chi connectivity index (χ0n) is 11.1. The minimum absolute atomic E-state index is 0.151. The van der Waals surface area contributed by atoms with Crippen molar-refractivity contribution in [3.63, 3.8) is 0 Å². The second kappa shape index (κ2) is 6.31. The Labute approximate surface area is 117 Å². The summed E-state index contributed by atoms with van der Waals surface area (Å²) in [6, 6.07) is 6.01. The van der Waals surface area contributed by atoms with Gasteiger partial charge in [-0.3, -0.25) is 4.79 Å². The molecule has 1 aromatic rings. The summed E-state index contributed by atoms with van der Waals surface area (Å²) in [6.45, 7) is 3.44. The van der Waals surface area contributed by atoms with Gasteiger partial charge < -0.3 is 10.1 Å². The molecule has 2 rings (SSSR count). The number of ether oxygens (including phenoxy) is 1. The molecule has 1 amide bonds. The number of rotatable bonds is 4. The third-order valence-electron chi connectivity index (χ3n) is 2.75. The van der Waals surface area contributed by atoms with Gasteiger partial charge in [0.15, 0.2) is 0 Å². The first-order chi connectivity index (χ1) is 9.47. The smallest absolute Gasteiger partial charge is 0.253 e. The van der Waals surface area contributed by atoms with Gasteiger partial charge in [0, 0.05) is 25.7 Å². The van der Waals surface area contributed by atoms with Crippen molar-refractivity contribution < 1.29 is 17.9 Å². The van der Waals surface area contributed by atoms with Gasteiger partial charge in [-0.05, 0) is 24.3 Å². The van der Waals surface area contributed by atoms with Crippen molar-refractivity contribution in [2.24, 2.45) is 0 Å². The Morgan fingerprint density at radius 3 is 2.35 bits per heavy atom. The van der Waals surface area contributed by atoms with E-state index in [1.54, 1.807) is 17.1 Å². The summed E-state index contributed by atoms with van der Waals surface area (Å²) < 4.78 is 29.5. The van der Waals surface area contributed by atoms with Crippen LogP contribution in [-0.2, 0) is 19.6 Å². The van der Waals surface area contributed by atoms with Crippen molar-refractivity contribution in [3.8, 4) is 0 Å². The van der Waals surface area contributed by atoms with Crippen LogP contribution in [0.2, 0.25) is 0 Å². The third-order valence-corrected chi connectivity index (χ3v) is 4.14. The number of carbonyl (C=O) groups is 1. The molecule has 1 aromatic carbocycles. The molecule has 0 radical (unpaired) electrons. The molecular formula is C12H17N3O4S. The highest BCUT2D eigenvalue weighted by atomic mass is 32.2. The van der Waals surface area contributed by atoms with Gasteiger partial charge in [-0.2, -0.15) is 0 Å². The number of anilines is 1. The quantitative estimate of drug-likeness (QED) is 0.827. The van der Waals surface area contributed by atoms with E-state index in [0.717, 1.165) is 0 Å². The fourth-order valence-corrected chi connectivity index (χ4v) is 2.92. The number of carbonyl (C=O) groups excluding carboxylic acids is 1. The predicted octanol–water partition coefficient (Wildman–Crippen LogP) is 0.171. The molecule has 110 valence electrons. The van der Waals surface area contributed by atoms with Crippen molar-refractivity contribution in [2.45, 2.75) is 11.8 Å². The molecule has 7 nitrogen and oxygen atoms in total. The molecule has 2 N–H and O–H groups in total. The van der Waals surface area contributed by atoms with E-state index in [-0.39, 0.29) is 10.8 Å². The summed E-state index contributed by atoms with van der Waals surface area (Å²) >= 11 is 0. The predicted molar refractivity (Wildman–Crippen MR) is 73.5 cm³/mol. The van der Waals surface area contributed by atoms with Crippen molar-refractivity contribution in [3.05, 3.63) is 24.3 Å². The maximum atomic E-state index is 12.2. The molecule has 0 unspecified atom stereocenters. The first-order valence-corrected chi connectivity index (χ1v) is 7.68. The van der Waals surface area contributed by atoms with E-state index in [1.807, 2.05) is 0 Å². The second-order valence-electron chi connectivity index (χ2n) is 4.40. The minimum Gasteiger partial charge on any atom is -0.379 e. The van der Waals surface area contributed by atoms with E-state index in [9.17, 15) is 13.2 Å². The standard InChI is InChI=1S/C12H17N3O4S/c1-10(16)13-11-2-4-12(5-3-11)20(17,18)14-15-6-8-19-9-7-15/h2-5,14H,6-9H2,1H3,(H,13,16). The number of sulfonamides is 1. The lowest BCUT2D eigenvalue weighted by Gasteiger charge is -2.26. The maximum Gasteiger partial charge on any atom is 0.253 e. The Morgan fingerprint density at radius 1 is 1.20 bits per heavy atom. The summed E-state index contributed by atoms with van der Waals surface area (Å²) in [4.78, 5) is 13.6. The molecule has 0 saturated carbocycles. The van der Waals surface area contributed by atoms with Gasteiger partial charge in [-0.15, -0.1) is 4.83 Å². The number of benzene rings is 1. The van der Waals surface area contributed by atoms with Gasteiger partial charge in [0.25, 0.3) is 10.0 Å². The van der Waals surface area contributed by atoms with E-state index in [4.69, 9.17) is 4.74 Å². The van der Waals surface area contributed by atoms with E-state index in [2.05, 4.69) is 10.1 Å². The summed E-state index contributed by atoms with van der Waals surface area (Å²) in [7, 11) is -3.60. The average molecular weight is 299 g/mol. The molecule has 1 heterocycles. The Balaban J connectivity index is 2.06. The second-order valence-corrected chi connectivity index (χ2v) is 6.06. The third kappa shape index (κ3) is 4.01. The topological polar surface area (TPSA) is 87.7 Å². The maximum absolute atomic E-state index is 12.2. The van der Waals surface area contributed by atoms with Gasteiger partial charge in [0.05, 0.1) is 18.1 Å². The highest BCUT2D eigenvalue weighted by Crippen LogP contribution is 2.14. The van der Waals surface area contributed by atoms with Crippen LogP contribution in [0, 0.1) is 0 Å². The van der Waals surface area contributed by atoms with Crippen LogP contribution in [0.1, 0.15) is 6.92 Å². The first kappa shape index (κ1) is 14.9. The minimum atomic E-state index is -3.60. The van der Waals surface area contributed by atoms with Crippen LogP contribution in [0.4, 0.5) is 5.69 Å². The van der Waals surface area contributed by atoms with Gasteiger partial charge in [-0.1, -0.05) is 0 Å². The molecule has 20 heavy (non-hydrogen) atoms. The van der Waals surface area contributed by atoms with Crippen LogP contribution in [-0.4, -0.2) is 45.6 Å². The molecule has 0 atom stereocenters. The van der Waals surface area contributed by atoms with Gasteiger partial charge in [0.2, 0.25) is 5.91 Å². The molecule has 0 spiro atoms. The van der Waals surface area contributed by atoms with Crippen molar-refractivity contribution in [1.82, 2.24) is 9.84 Å². The van der Waals surface area contributed by atoms with Crippen molar-refractivity contribution in [1.29, 1.82) is 0 Å². The van der Waals surface area contributed by atoms with Gasteiger partial charge in [-0.25, -0.2) is 13.4 Å². The molecular weight excluding hydrogens is 282 g/mol. The van der Waals surface area contributed by atoms with Gasteiger partial charge >= 0.3 is 0 Å². The Kier molecular flexibility index (Phi) is 4.71. The summed E-state index contributed by atoms with van der Waals surface area (Å²) in [5.74, 6) is -0.202. The molecule has 1 aliphatic rings. The fraction of sp³-hybridized carbons (Fsp3) is 0.417. The van der Waals surface area contributed by atoms with Crippen LogP contribution >= 0.6 is 0 Å². The SMILES string of the molecule is CC(=O)Nc1ccc(S(=O)(=O)NN2CCOCC2)cc1. The lowest BCUT2D eigenvalue weighted by molar-refractivity contribution is -0.114. The summed E-state index contributed by atoms with van der Waals surface area (Å²) in [6.07, 6.45) is 0. The highest BCUT2D eigenvalue weighted by Gasteiger charge is 2.19. The summed E-state index contributed by atoms with van der Waals surface area (Å²) in [5, 5.41) is 4.20. The van der Waals surface area contributed by atoms with E-state index in [1.165, 1.54) is 19.1 Å². The molecule has 0 aliphatic carbocycles. The Morgan fingerprint density at radius 2 is 1.80 bits per heavy atom. The average Bonchev–Trinajstić information content (AvgIpc) is 2.39. The molecule has 0 aromatic heterocycles. The lowest BCUT2D eigenvalue weighted by atomic mass is 10.3. The normalized spacial score (nSPS) is 16.9. The monoisotopic (exact) mass is 299 g/mol. The number of amides is 1. The van der Waals surface area contributed by atoms with Crippen LogP contribution < -0.4 is 10.1 Å². The van der Waals surface area contributed by atoms with Crippen molar-refractivity contribution in [2.75, 3.05) is 31.6 Å². The molecule has 8 heteroatoms.